The zero-order valence-corrected chi connectivity index (χ0v) is 10.2. The molecule has 1 aromatic carbocycles. The van der Waals surface area contributed by atoms with Gasteiger partial charge in [-0.3, -0.25) is 0 Å². The SMILES string of the molecule is CCCCOC(=O)c1c(C)[nH]c2ccccc12. The van der Waals surface area contributed by atoms with Crippen molar-refractivity contribution in [2.45, 2.75) is 26.7 Å². The lowest BCUT2D eigenvalue weighted by molar-refractivity contribution is 0.0501. The summed E-state index contributed by atoms with van der Waals surface area (Å²) in [4.78, 5) is 15.2. The fraction of sp³-hybridized carbons (Fsp3) is 0.357. The minimum absolute atomic E-state index is 0.228. The normalized spacial score (nSPS) is 10.7. The average Bonchev–Trinajstić information content (AvgIpc) is 2.65. The van der Waals surface area contributed by atoms with Gasteiger partial charge in [0.1, 0.15) is 0 Å². The van der Waals surface area contributed by atoms with Crippen LogP contribution in [0.1, 0.15) is 35.8 Å². The van der Waals surface area contributed by atoms with Crippen molar-refractivity contribution in [1.82, 2.24) is 4.98 Å². The maximum absolute atomic E-state index is 12.0. The Bertz CT molecular complexity index is 528. The standard InChI is InChI=1S/C14H17NO2/c1-3-4-9-17-14(16)13-10(2)15-12-8-6-5-7-11(12)13/h5-8,15H,3-4,9H2,1-2H3. The third-order valence-corrected chi connectivity index (χ3v) is 2.83. The zero-order chi connectivity index (χ0) is 12.3. The van der Waals surface area contributed by atoms with Crippen molar-refractivity contribution in [2.24, 2.45) is 0 Å². The minimum atomic E-state index is -0.228. The predicted molar refractivity (Wildman–Crippen MR) is 68.2 cm³/mol. The van der Waals surface area contributed by atoms with Gasteiger partial charge < -0.3 is 9.72 Å². The molecule has 0 bridgehead atoms. The first-order chi connectivity index (χ1) is 8.24. The number of aromatic nitrogens is 1. The molecule has 0 fully saturated rings. The first-order valence-corrected chi connectivity index (χ1v) is 5.98. The summed E-state index contributed by atoms with van der Waals surface area (Å²) in [6.07, 6.45) is 1.94. The molecule has 1 heterocycles. The molecule has 90 valence electrons. The summed E-state index contributed by atoms with van der Waals surface area (Å²) in [5, 5.41) is 0.937. The molecule has 1 aromatic heterocycles. The van der Waals surface area contributed by atoms with Crippen LogP contribution in [-0.4, -0.2) is 17.6 Å². The summed E-state index contributed by atoms with van der Waals surface area (Å²) in [5.74, 6) is -0.228. The zero-order valence-electron chi connectivity index (χ0n) is 10.2. The van der Waals surface area contributed by atoms with Crippen LogP contribution in [0.15, 0.2) is 24.3 Å². The molecule has 17 heavy (non-hydrogen) atoms. The smallest absolute Gasteiger partial charge is 0.340 e. The van der Waals surface area contributed by atoms with E-state index in [1.807, 2.05) is 31.2 Å². The largest absolute Gasteiger partial charge is 0.462 e. The molecular weight excluding hydrogens is 214 g/mol. The highest BCUT2D eigenvalue weighted by Crippen LogP contribution is 2.22. The van der Waals surface area contributed by atoms with Crippen molar-refractivity contribution >= 4 is 16.9 Å². The van der Waals surface area contributed by atoms with Gasteiger partial charge in [0.25, 0.3) is 0 Å². The summed E-state index contributed by atoms with van der Waals surface area (Å²) >= 11 is 0. The fourth-order valence-electron chi connectivity index (χ4n) is 1.92. The predicted octanol–water partition coefficient (Wildman–Crippen LogP) is 3.43. The van der Waals surface area contributed by atoms with E-state index in [0.717, 1.165) is 29.4 Å². The van der Waals surface area contributed by atoms with Crippen LogP contribution in [0.3, 0.4) is 0 Å². The van der Waals surface area contributed by atoms with Crippen molar-refractivity contribution in [1.29, 1.82) is 0 Å². The first kappa shape index (κ1) is 11.7. The van der Waals surface area contributed by atoms with Gasteiger partial charge in [0, 0.05) is 16.6 Å². The Hall–Kier alpha value is -1.77. The van der Waals surface area contributed by atoms with Crippen LogP contribution in [0.5, 0.6) is 0 Å². The molecule has 1 N–H and O–H groups in total. The molecule has 0 saturated heterocycles. The summed E-state index contributed by atoms with van der Waals surface area (Å²) in [6.45, 7) is 4.47. The van der Waals surface area contributed by atoms with E-state index < -0.39 is 0 Å². The quantitative estimate of drug-likeness (QED) is 0.647. The number of ether oxygens (including phenoxy) is 1. The molecule has 3 nitrogen and oxygen atoms in total. The van der Waals surface area contributed by atoms with E-state index in [2.05, 4.69) is 11.9 Å². The summed E-state index contributed by atoms with van der Waals surface area (Å²) < 4.78 is 5.26. The van der Waals surface area contributed by atoms with Crippen molar-refractivity contribution in [3.05, 3.63) is 35.5 Å². The molecule has 0 aliphatic carbocycles. The summed E-state index contributed by atoms with van der Waals surface area (Å²) in [6, 6.07) is 7.78. The topological polar surface area (TPSA) is 42.1 Å². The second-order valence-corrected chi connectivity index (χ2v) is 4.16. The highest BCUT2D eigenvalue weighted by molar-refractivity contribution is 6.05. The Balaban J connectivity index is 2.28. The molecule has 0 unspecified atom stereocenters. The Kier molecular flexibility index (Phi) is 3.47. The van der Waals surface area contributed by atoms with Crippen molar-refractivity contribution in [2.75, 3.05) is 6.61 Å². The molecule has 0 spiro atoms. The van der Waals surface area contributed by atoms with Gasteiger partial charge in [-0.1, -0.05) is 31.5 Å². The second-order valence-electron chi connectivity index (χ2n) is 4.16. The van der Waals surface area contributed by atoms with Gasteiger partial charge in [-0.05, 0) is 19.4 Å². The van der Waals surface area contributed by atoms with E-state index in [1.54, 1.807) is 0 Å². The van der Waals surface area contributed by atoms with E-state index in [4.69, 9.17) is 4.74 Å². The number of para-hydroxylation sites is 1. The molecule has 0 radical (unpaired) electrons. The monoisotopic (exact) mass is 231 g/mol. The number of esters is 1. The van der Waals surface area contributed by atoms with Crippen LogP contribution < -0.4 is 0 Å². The van der Waals surface area contributed by atoms with Gasteiger partial charge in [-0.25, -0.2) is 4.79 Å². The van der Waals surface area contributed by atoms with E-state index in [1.165, 1.54) is 0 Å². The molecule has 0 aliphatic rings. The van der Waals surface area contributed by atoms with Crippen LogP contribution in [0, 0.1) is 6.92 Å². The van der Waals surface area contributed by atoms with Crippen LogP contribution in [0.25, 0.3) is 10.9 Å². The number of H-pyrrole nitrogens is 1. The Labute approximate surface area is 101 Å². The first-order valence-electron chi connectivity index (χ1n) is 5.98. The number of unbranched alkanes of at least 4 members (excludes halogenated alkanes) is 1. The number of nitrogens with one attached hydrogen (secondary N) is 1. The third-order valence-electron chi connectivity index (χ3n) is 2.83. The molecule has 0 aliphatic heterocycles. The number of carbonyl (C=O) groups excluding carboxylic acids is 1. The van der Waals surface area contributed by atoms with E-state index in [9.17, 15) is 4.79 Å². The molecule has 3 heteroatoms. The lowest BCUT2D eigenvalue weighted by Crippen LogP contribution is -2.07. The van der Waals surface area contributed by atoms with Gasteiger partial charge in [0.2, 0.25) is 0 Å². The molecule has 0 amide bonds. The number of benzene rings is 1. The fourth-order valence-corrected chi connectivity index (χ4v) is 1.92. The van der Waals surface area contributed by atoms with Gasteiger partial charge in [-0.2, -0.15) is 0 Å². The van der Waals surface area contributed by atoms with Crippen molar-refractivity contribution in [3.63, 3.8) is 0 Å². The molecule has 0 atom stereocenters. The maximum Gasteiger partial charge on any atom is 0.340 e. The average molecular weight is 231 g/mol. The number of hydrogen-bond acceptors (Lipinski definition) is 2. The summed E-state index contributed by atoms with van der Waals surface area (Å²) in [5.41, 5.74) is 2.51. The molecule has 2 aromatic rings. The number of fused-ring (bicyclic) bond motifs is 1. The summed E-state index contributed by atoms with van der Waals surface area (Å²) in [7, 11) is 0. The highest BCUT2D eigenvalue weighted by Gasteiger charge is 2.16. The van der Waals surface area contributed by atoms with E-state index in [-0.39, 0.29) is 5.97 Å². The van der Waals surface area contributed by atoms with Crippen LogP contribution in [0.4, 0.5) is 0 Å². The molecule has 0 saturated carbocycles. The number of rotatable bonds is 4. The van der Waals surface area contributed by atoms with Crippen LogP contribution >= 0.6 is 0 Å². The van der Waals surface area contributed by atoms with Gasteiger partial charge in [0.15, 0.2) is 0 Å². The Morgan fingerprint density at radius 3 is 2.88 bits per heavy atom. The Morgan fingerprint density at radius 1 is 1.35 bits per heavy atom. The molecule has 2 rings (SSSR count). The number of hydrogen-bond donors (Lipinski definition) is 1. The maximum atomic E-state index is 12.0. The third kappa shape index (κ3) is 2.33. The van der Waals surface area contributed by atoms with Crippen LogP contribution in [-0.2, 0) is 4.74 Å². The molecular formula is C14H17NO2. The number of carbonyl (C=O) groups is 1. The van der Waals surface area contributed by atoms with Gasteiger partial charge in [0.05, 0.1) is 12.2 Å². The number of aryl methyl sites for hydroxylation is 1. The highest BCUT2D eigenvalue weighted by atomic mass is 16.5. The van der Waals surface area contributed by atoms with Gasteiger partial charge in [-0.15, -0.1) is 0 Å². The van der Waals surface area contributed by atoms with Crippen LogP contribution in [0.2, 0.25) is 0 Å². The van der Waals surface area contributed by atoms with E-state index >= 15 is 0 Å². The Morgan fingerprint density at radius 2 is 2.12 bits per heavy atom. The van der Waals surface area contributed by atoms with Gasteiger partial charge >= 0.3 is 5.97 Å². The number of aromatic amines is 1. The minimum Gasteiger partial charge on any atom is -0.462 e. The van der Waals surface area contributed by atoms with Crippen molar-refractivity contribution in [3.8, 4) is 0 Å². The van der Waals surface area contributed by atoms with E-state index in [0.29, 0.717) is 12.2 Å². The lowest BCUT2D eigenvalue weighted by Gasteiger charge is -2.03. The van der Waals surface area contributed by atoms with Crippen molar-refractivity contribution < 1.29 is 9.53 Å². The second kappa shape index (κ2) is 5.04. The lowest BCUT2D eigenvalue weighted by atomic mass is 10.1.